The maximum absolute atomic E-state index is 8.61. The molecule has 0 saturated carbocycles. The highest BCUT2D eigenvalue weighted by Crippen LogP contribution is 2.16. The quantitative estimate of drug-likeness (QED) is 0.572. The van der Waals surface area contributed by atoms with Gasteiger partial charge < -0.3 is 0 Å². The van der Waals surface area contributed by atoms with Gasteiger partial charge in [0.15, 0.2) is 0 Å². The van der Waals surface area contributed by atoms with Crippen molar-refractivity contribution in [3.05, 3.63) is 34.3 Å². The summed E-state index contributed by atoms with van der Waals surface area (Å²) in [5.74, 6) is 6.60. The lowest BCUT2D eigenvalue weighted by atomic mass is 10.1. The highest BCUT2D eigenvalue weighted by Gasteiger charge is 1.97. The van der Waals surface area contributed by atoms with Gasteiger partial charge in [0.1, 0.15) is 0 Å². The van der Waals surface area contributed by atoms with Crippen LogP contribution in [0, 0.1) is 23.2 Å². The second kappa shape index (κ2) is 5.60. The molecule has 0 N–H and O–H groups in total. The highest BCUT2D eigenvalue weighted by atomic mass is 35.5. The topological polar surface area (TPSA) is 23.8 Å². The average molecular weight is 222 g/mol. The fourth-order valence-corrected chi connectivity index (χ4v) is 1.24. The third-order valence-electron chi connectivity index (χ3n) is 1.56. The summed E-state index contributed by atoms with van der Waals surface area (Å²) in [6, 6.07) is 7.10. The summed E-state index contributed by atoms with van der Waals surface area (Å²) in [6.45, 7) is 0. The third kappa shape index (κ3) is 3.00. The minimum absolute atomic E-state index is 0.524. The molecule has 14 heavy (non-hydrogen) atoms. The molecule has 1 nitrogen and oxygen atoms in total. The van der Waals surface area contributed by atoms with E-state index in [2.05, 4.69) is 24.5 Å². The van der Waals surface area contributed by atoms with Crippen LogP contribution in [0.25, 0.3) is 0 Å². The van der Waals surface area contributed by atoms with Crippen LogP contribution in [0.1, 0.15) is 17.5 Å². The first-order valence-electron chi connectivity index (χ1n) is 4.07. The Balaban J connectivity index is 2.92. The van der Waals surface area contributed by atoms with E-state index in [-0.39, 0.29) is 0 Å². The molecule has 0 aromatic heterocycles. The van der Waals surface area contributed by atoms with Crippen LogP contribution in [0.4, 0.5) is 0 Å². The Morgan fingerprint density at radius 2 is 2.21 bits per heavy atom. The van der Waals surface area contributed by atoms with Crippen LogP contribution in [0.5, 0.6) is 0 Å². The zero-order valence-electron chi connectivity index (χ0n) is 7.42. The smallest absolute Gasteiger partial charge is 0.0992 e. The predicted molar refractivity (Wildman–Crippen MR) is 61.5 cm³/mol. The molecule has 3 heteroatoms. The number of thiol groups is 1. The lowest BCUT2D eigenvalue weighted by Crippen LogP contribution is -1.80. The molecule has 0 spiro atoms. The monoisotopic (exact) mass is 221 g/mol. The van der Waals surface area contributed by atoms with Crippen molar-refractivity contribution in [2.75, 3.05) is 5.75 Å². The van der Waals surface area contributed by atoms with Gasteiger partial charge in [-0.3, -0.25) is 0 Å². The second-order valence-electron chi connectivity index (χ2n) is 2.58. The molecule has 0 radical (unpaired) electrons. The van der Waals surface area contributed by atoms with Gasteiger partial charge in [0, 0.05) is 17.7 Å². The summed E-state index contributed by atoms with van der Waals surface area (Å²) in [7, 11) is 0. The van der Waals surface area contributed by atoms with Crippen molar-refractivity contribution in [2.45, 2.75) is 6.42 Å². The van der Waals surface area contributed by atoms with Crippen molar-refractivity contribution in [1.82, 2.24) is 0 Å². The van der Waals surface area contributed by atoms with E-state index in [1.54, 1.807) is 18.2 Å². The lowest BCUT2D eigenvalue weighted by Gasteiger charge is -1.95. The van der Waals surface area contributed by atoms with E-state index >= 15 is 0 Å². The first-order chi connectivity index (χ1) is 6.77. The highest BCUT2D eigenvalue weighted by molar-refractivity contribution is 7.80. The van der Waals surface area contributed by atoms with Crippen molar-refractivity contribution in [3.8, 4) is 17.9 Å². The molecule has 70 valence electrons. The number of halogens is 1. The van der Waals surface area contributed by atoms with Gasteiger partial charge in [-0.15, -0.1) is 0 Å². The van der Waals surface area contributed by atoms with Gasteiger partial charge in [0.05, 0.1) is 16.7 Å². The van der Waals surface area contributed by atoms with Crippen LogP contribution < -0.4 is 0 Å². The number of rotatable bonds is 1. The van der Waals surface area contributed by atoms with Crippen LogP contribution in [-0.4, -0.2) is 5.75 Å². The molecule has 1 aromatic carbocycles. The molecule has 0 atom stereocenters. The van der Waals surface area contributed by atoms with Crippen LogP contribution >= 0.6 is 24.2 Å². The van der Waals surface area contributed by atoms with Crippen LogP contribution in [0.2, 0.25) is 5.02 Å². The van der Waals surface area contributed by atoms with E-state index in [9.17, 15) is 0 Å². The Morgan fingerprint density at radius 1 is 1.43 bits per heavy atom. The summed E-state index contributed by atoms with van der Waals surface area (Å²) >= 11 is 9.96. The zero-order valence-corrected chi connectivity index (χ0v) is 9.07. The Hall–Kier alpha value is -1.09. The van der Waals surface area contributed by atoms with Crippen LogP contribution in [0.15, 0.2) is 18.2 Å². The Bertz CT molecular complexity index is 423. The standard InChI is InChI=1S/C11H8ClNS/c12-11-7-9(8-13)4-5-10(11)3-1-2-6-14/h4-5,7,14H,2,6H2. The molecule has 0 amide bonds. The van der Waals surface area contributed by atoms with Crippen molar-refractivity contribution in [3.63, 3.8) is 0 Å². The summed E-state index contributed by atoms with van der Waals surface area (Å²) in [4.78, 5) is 0. The van der Waals surface area contributed by atoms with Crippen molar-refractivity contribution < 1.29 is 0 Å². The molecule has 0 heterocycles. The minimum atomic E-state index is 0.524. The molecule has 0 aliphatic heterocycles. The maximum Gasteiger partial charge on any atom is 0.0992 e. The van der Waals surface area contributed by atoms with Crippen molar-refractivity contribution in [2.24, 2.45) is 0 Å². The van der Waals surface area contributed by atoms with E-state index in [0.29, 0.717) is 10.6 Å². The fourth-order valence-electron chi connectivity index (χ4n) is 0.900. The number of benzene rings is 1. The molecule has 1 rings (SSSR count). The minimum Gasteiger partial charge on any atom is -0.192 e. The molecule has 0 bridgehead atoms. The molecule has 1 aromatic rings. The first-order valence-corrected chi connectivity index (χ1v) is 5.08. The summed E-state index contributed by atoms with van der Waals surface area (Å²) < 4.78 is 0. The van der Waals surface area contributed by atoms with Crippen molar-refractivity contribution >= 4 is 24.2 Å². The third-order valence-corrected chi connectivity index (χ3v) is 2.09. The molecule has 0 saturated heterocycles. The van der Waals surface area contributed by atoms with E-state index < -0.39 is 0 Å². The van der Waals surface area contributed by atoms with Gasteiger partial charge in [-0.05, 0) is 18.2 Å². The Morgan fingerprint density at radius 3 is 2.79 bits per heavy atom. The van der Waals surface area contributed by atoms with Gasteiger partial charge in [-0.25, -0.2) is 0 Å². The average Bonchev–Trinajstić information content (AvgIpc) is 2.20. The molecule has 0 fully saturated rings. The van der Waals surface area contributed by atoms with Gasteiger partial charge in [-0.2, -0.15) is 17.9 Å². The van der Waals surface area contributed by atoms with Gasteiger partial charge in [0.25, 0.3) is 0 Å². The first kappa shape index (κ1) is 11.0. The molecule has 0 aliphatic carbocycles. The number of hydrogen-bond acceptors (Lipinski definition) is 2. The molecule has 0 aliphatic rings. The largest absolute Gasteiger partial charge is 0.192 e. The summed E-state index contributed by atoms with van der Waals surface area (Å²) in [6.07, 6.45) is 0.736. The van der Waals surface area contributed by atoms with Gasteiger partial charge >= 0.3 is 0 Å². The zero-order chi connectivity index (χ0) is 10.4. The molecular formula is C11H8ClNS. The van der Waals surface area contributed by atoms with Crippen molar-refractivity contribution in [1.29, 1.82) is 5.26 Å². The number of hydrogen-bond donors (Lipinski definition) is 1. The van der Waals surface area contributed by atoms with Crippen LogP contribution in [0.3, 0.4) is 0 Å². The van der Waals surface area contributed by atoms with E-state index in [0.717, 1.165) is 17.7 Å². The molecule has 0 unspecified atom stereocenters. The van der Waals surface area contributed by atoms with Crippen LogP contribution in [-0.2, 0) is 0 Å². The number of nitriles is 1. The van der Waals surface area contributed by atoms with Gasteiger partial charge in [0.2, 0.25) is 0 Å². The Labute approximate surface area is 94.1 Å². The number of nitrogens with zero attached hydrogens (tertiary/aromatic N) is 1. The maximum atomic E-state index is 8.61. The van der Waals surface area contributed by atoms with Gasteiger partial charge in [-0.1, -0.05) is 23.4 Å². The predicted octanol–water partition coefficient (Wildman–Crippen LogP) is 2.88. The SMILES string of the molecule is N#Cc1ccc(C#CCCS)c(Cl)c1. The van der Waals surface area contributed by atoms with E-state index in [4.69, 9.17) is 16.9 Å². The summed E-state index contributed by atoms with van der Waals surface area (Å²) in [5.41, 5.74) is 1.31. The van der Waals surface area contributed by atoms with E-state index in [1.807, 2.05) is 6.07 Å². The van der Waals surface area contributed by atoms with E-state index in [1.165, 1.54) is 0 Å². The summed E-state index contributed by atoms with van der Waals surface area (Å²) in [5, 5.41) is 9.14. The fraction of sp³-hybridized carbons (Fsp3) is 0.182. The lowest BCUT2D eigenvalue weighted by molar-refractivity contribution is 1.31. The second-order valence-corrected chi connectivity index (χ2v) is 3.44. The Kier molecular flexibility index (Phi) is 4.40. The molecular weight excluding hydrogens is 214 g/mol. The normalized spacial score (nSPS) is 8.64.